The van der Waals surface area contributed by atoms with Crippen molar-refractivity contribution in [2.24, 2.45) is 5.41 Å². The number of rotatable bonds is 9. The summed E-state index contributed by atoms with van der Waals surface area (Å²) in [6.07, 6.45) is 1.56. The van der Waals surface area contributed by atoms with E-state index in [1.807, 2.05) is 13.8 Å². The maximum atomic E-state index is 12.4. The number of aliphatic hydroxyl groups excluding tert-OH is 1. The number of hydrogen-bond donors (Lipinski definition) is 1. The van der Waals surface area contributed by atoms with E-state index in [1.165, 1.54) is 0 Å². The van der Waals surface area contributed by atoms with Crippen molar-refractivity contribution in [1.29, 1.82) is 0 Å². The summed E-state index contributed by atoms with van der Waals surface area (Å²) in [5.74, 6) is 0.445. The Hall–Kier alpha value is -1.63. The molecule has 1 saturated heterocycles. The number of benzene rings is 1. The first kappa shape index (κ1) is 20.7. The Morgan fingerprint density at radius 2 is 2.15 bits per heavy atom. The van der Waals surface area contributed by atoms with Gasteiger partial charge in [-0.2, -0.15) is 0 Å². The maximum Gasteiger partial charge on any atom is 0.311 e. The van der Waals surface area contributed by atoms with Crippen LogP contribution in [0.4, 0.5) is 0 Å². The molecule has 1 aromatic rings. The minimum absolute atomic E-state index is 0.0716. The van der Waals surface area contributed by atoms with Crippen LogP contribution in [0.5, 0.6) is 5.75 Å². The first-order valence-corrected chi connectivity index (χ1v) is 9.19. The summed E-state index contributed by atoms with van der Waals surface area (Å²) in [6, 6.07) is 5.36. The Balaban J connectivity index is 1.96. The van der Waals surface area contributed by atoms with Crippen LogP contribution in [0.3, 0.4) is 0 Å². The van der Waals surface area contributed by atoms with Crippen LogP contribution in [0, 0.1) is 5.41 Å². The van der Waals surface area contributed by atoms with Crippen LogP contribution in [-0.4, -0.2) is 37.5 Å². The summed E-state index contributed by atoms with van der Waals surface area (Å²) in [6.45, 7) is 6.44. The predicted octanol–water partition coefficient (Wildman–Crippen LogP) is 3.36. The monoisotopic (exact) mass is 366 g/mol. The molecule has 1 fully saturated rings. The van der Waals surface area contributed by atoms with Gasteiger partial charge in [0, 0.05) is 0 Å². The highest BCUT2D eigenvalue weighted by Gasteiger charge is 2.35. The molecule has 146 valence electrons. The standard InChI is InChI=1S/C20H30O6/c1-5-9-20(3,6-2)19(22)25-13-15-12-24-18(26-15)16-10-14(11-21)7-8-17(16)23-4/h7-8,10,15,18,21H,5-6,9,11-13H2,1-4H3. The second kappa shape index (κ2) is 9.35. The van der Waals surface area contributed by atoms with Gasteiger partial charge in [0.25, 0.3) is 0 Å². The summed E-state index contributed by atoms with van der Waals surface area (Å²) >= 11 is 0. The second-order valence-electron chi connectivity index (χ2n) is 6.92. The van der Waals surface area contributed by atoms with Crippen molar-refractivity contribution in [1.82, 2.24) is 0 Å². The molecular formula is C20H30O6. The van der Waals surface area contributed by atoms with Gasteiger partial charge in [-0.25, -0.2) is 0 Å². The molecule has 0 saturated carbocycles. The third kappa shape index (κ3) is 4.75. The average Bonchev–Trinajstić information content (AvgIpc) is 3.14. The van der Waals surface area contributed by atoms with Gasteiger partial charge >= 0.3 is 5.97 Å². The van der Waals surface area contributed by atoms with E-state index in [0.29, 0.717) is 12.4 Å². The average molecular weight is 366 g/mol. The Bertz CT molecular complexity index is 602. The smallest absolute Gasteiger partial charge is 0.311 e. The summed E-state index contributed by atoms with van der Waals surface area (Å²) in [5.41, 5.74) is 1.02. The molecule has 1 aliphatic heterocycles. The van der Waals surface area contributed by atoms with Crippen molar-refractivity contribution < 1.29 is 28.8 Å². The minimum atomic E-state index is -0.603. The van der Waals surface area contributed by atoms with Crippen LogP contribution < -0.4 is 4.74 Å². The zero-order valence-electron chi connectivity index (χ0n) is 16.1. The van der Waals surface area contributed by atoms with E-state index >= 15 is 0 Å². The zero-order valence-corrected chi connectivity index (χ0v) is 16.1. The van der Waals surface area contributed by atoms with Gasteiger partial charge in [0.05, 0.1) is 31.3 Å². The molecule has 3 atom stereocenters. The molecule has 0 amide bonds. The number of carbonyl (C=O) groups is 1. The largest absolute Gasteiger partial charge is 0.496 e. The van der Waals surface area contributed by atoms with Crippen LogP contribution in [0.25, 0.3) is 0 Å². The Labute approximate surface area is 155 Å². The van der Waals surface area contributed by atoms with E-state index in [1.54, 1.807) is 25.3 Å². The van der Waals surface area contributed by atoms with E-state index in [0.717, 1.165) is 30.4 Å². The Morgan fingerprint density at radius 1 is 1.38 bits per heavy atom. The van der Waals surface area contributed by atoms with Crippen molar-refractivity contribution in [2.45, 2.75) is 59.0 Å². The molecular weight excluding hydrogens is 336 g/mol. The molecule has 3 unspecified atom stereocenters. The molecule has 2 rings (SSSR count). The summed E-state index contributed by atoms with van der Waals surface area (Å²) in [5, 5.41) is 9.33. The predicted molar refractivity (Wildman–Crippen MR) is 96.7 cm³/mol. The van der Waals surface area contributed by atoms with Gasteiger partial charge in [-0.05, 0) is 37.5 Å². The molecule has 0 aliphatic carbocycles. The molecule has 1 aliphatic rings. The first-order valence-electron chi connectivity index (χ1n) is 9.19. The molecule has 0 spiro atoms. The van der Waals surface area contributed by atoms with E-state index < -0.39 is 11.7 Å². The molecule has 1 aromatic carbocycles. The minimum Gasteiger partial charge on any atom is -0.496 e. The SMILES string of the molecule is CCCC(C)(CC)C(=O)OCC1COC(c2cc(CO)ccc2OC)O1. The van der Waals surface area contributed by atoms with Gasteiger partial charge in [0.2, 0.25) is 0 Å². The van der Waals surface area contributed by atoms with Crippen LogP contribution in [0.1, 0.15) is 57.5 Å². The summed E-state index contributed by atoms with van der Waals surface area (Å²) < 4.78 is 22.5. The summed E-state index contributed by atoms with van der Waals surface area (Å²) in [7, 11) is 1.57. The maximum absolute atomic E-state index is 12.4. The molecule has 1 heterocycles. The molecule has 1 N–H and O–H groups in total. The highest BCUT2D eigenvalue weighted by atomic mass is 16.7. The fraction of sp³-hybridized carbons (Fsp3) is 0.650. The van der Waals surface area contributed by atoms with Crippen LogP contribution in [0.15, 0.2) is 18.2 Å². The van der Waals surface area contributed by atoms with Gasteiger partial charge in [0.15, 0.2) is 6.29 Å². The van der Waals surface area contributed by atoms with Gasteiger partial charge in [-0.15, -0.1) is 0 Å². The lowest BCUT2D eigenvalue weighted by Gasteiger charge is -2.26. The lowest BCUT2D eigenvalue weighted by molar-refractivity contribution is -0.160. The van der Waals surface area contributed by atoms with Gasteiger partial charge in [-0.1, -0.05) is 26.3 Å². The number of carbonyl (C=O) groups excluding carboxylic acids is 1. The quantitative estimate of drug-likeness (QED) is 0.676. The van der Waals surface area contributed by atoms with E-state index in [2.05, 4.69) is 6.92 Å². The number of methoxy groups -OCH3 is 1. The van der Waals surface area contributed by atoms with Gasteiger partial charge < -0.3 is 24.1 Å². The van der Waals surface area contributed by atoms with Crippen molar-refractivity contribution in [3.63, 3.8) is 0 Å². The summed E-state index contributed by atoms with van der Waals surface area (Å²) in [4.78, 5) is 12.4. The molecule has 0 radical (unpaired) electrons. The van der Waals surface area contributed by atoms with Crippen LogP contribution in [0.2, 0.25) is 0 Å². The van der Waals surface area contributed by atoms with E-state index in [4.69, 9.17) is 18.9 Å². The molecule has 6 nitrogen and oxygen atoms in total. The number of ether oxygens (including phenoxy) is 4. The van der Waals surface area contributed by atoms with E-state index in [9.17, 15) is 9.90 Å². The fourth-order valence-corrected chi connectivity index (χ4v) is 3.08. The third-order valence-electron chi connectivity index (χ3n) is 4.96. The van der Waals surface area contributed by atoms with Crippen molar-refractivity contribution in [3.05, 3.63) is 29.3 Å². The number of aliphatic hydroxyl groups is 1. The van der Waals surface area contributed by atoms with E-state index in [-0.39, 0.29) is 25.3 Å². The van der Waals surface area contributed by atoms with Gasteiger partial charge in [-0.3, -0.25) is 4.79 Å². The van der Waals surface area contributed by atoms with Gasteiger partial charge in [0.1, 0.15) is 18.5 Å². The lowest BCUT2D eigenvalue weighted by Crippen LogP contribution is -2.32. The lowest BCUT2D eigenvalue weighted by atomic mass is 9.83. The van der Waals surface area contributed by atoms with Crippen molar-refractivity contribution in [2.75, 3.05) is 20.3 Å². The third-order valence-corrected chi connectivity index (χ3v) is 4.96. The number of esters is 1. The van der Waals surface area contributed by atoms with Crippen LogP contribution >= 0.6 is 0 Å². The van der Waals surface area contributed by atoms with Crippen molar-refractivity contribution >= 4 is 5.97 Å². The molecule has 0 aromatic heterocycles. The Morgan fingerprint density at radius 3 is 2.77 bits per heavy atom. The molecule has 6 heteroatoms. The normalized spacial score (nSPS) is 22.0. The fourth-order valence-electron chi connectivity index (χ4n) is 3.08. The highest BCUT2D eigenvalue weighted by Crippen LogP contribution is 2.35. The number of hydrogen-bond acceptors (Lipinski definition) is 6. The second-order valence-corrected chi connectivity index (χ2v) is 6.92. The van der Waals surface area contributed by atoms with Crippen molar-refractivity contribution in [3.8, 4) is 5.75 Å². The Kier molecular flexibility index (Phi) is 7.43. The topological polar surface area (TPSA) is 74.2 Å². The highest BCUT2D eigenvalue weighted by molar-refractivity contribution is 5.76. The zero-order chi connectivity index (χ0) is 19.2. The molecule has 0 bridgehead atoms. The first-order chi connectivity index (χ1) is 12.5. The van der Waals surface area contributed by atoms with Crippen LogP contribution in [-0.2, 0) is 25.6 Å². The molecule has 26 heavy (non-hydrogen) atoms.